The molecule has 0 spiro atoms. The summed E-state index contributed by atoms with van der Waals surface area (Å²) in [5, 5.41) is 11.3. The molecule has 0 fully saturated rings. The Labute approximate surface area is 100 Å². The number of thioether (sulfide) groups is 1. The lowest BCUT2D eigenvalue weighted by Crippen LogP contribution is -2.50. The number of nitrogens with one attached hydrogen (secondary N) is 1. The SMILES string of the molecule is CSCC[C@H](N)C(=O)NC(C(=O)O)C(C)C. The second kappa shape index (κ2) is 7.51. The van der Waals surface area contributed by atoms with Gasteiger partial charge in [0, 0.05) is 0 Å². The maximum absolute atomic E-state index is 11.6. The highest BCUT2D eigenvalue weighted by Crippen LogP contribution is 2.04. The van der Waals surface area contributed by atoms with E-state index in [1.807, 2.05) is 6.26 Å². The fourth-order valence-electron chi connectivity index (χ4n) is 1.15. The zero-order valence-electron chi connectivity index (χ0n) is 9.90. The van der Waals surface area contributed by atoms with E-state index in [-0.39, 0.29) is 5.92 Å². The first-order valence-corrected chi connectivity index (χ1v) is 6.57. The number of carbonyl (C=O) groups is 2. The molecule has 16 heavy (non-hydrogen) atoms. The average molecular weight is 248 g/mol. The summed E-state index contributed by atoms with van der Waals surface area (Å²) in [6, 6.07) is -1.50. The number of hydrogen-bond acceptors (Lipinski definition) is 4. The molecule has 0 aromatic rings. The maximum atomic E-state index is 11.6. The van der Waals surface area contributed by atoms with Gasteiger partial charge >= 0.3 is 5.97 Å². The molecular formula is C10H20N2O3S. The van der Waals surface area contributed by atoms with Crippen LogP contribution in [0.15, 0.2) is 0 Å². The summed E-state index contributed by atoms with van der Waals surface area (Å²) >= 11 is 1.60. The minimum Gasteiger partial charge on any atom is -0.480 e. The fraction of sp³-hybridized carbons (Fsp3) is 0.800. The summed E-state index contributed by atoms with van der Waals surface area (Å²) < 4.78 is 0. The van der Waals surface area contributed by atoms with Crippen LogP contribution in [0.3, 0.4) is 0 Å². The van der Waals surface area contributed by atoms with Crippen molar-refractivity contribution >= 4 is 23.6 Å². The molecule has 0 saturated carbocycles. The van der Waals surface area contributed by atoms with Crippen LogP contribution >= 0.6 is 11.8 Å². The van der Waals surface area contributed by atoms with E-state index in [4.69, 9.17) is 10.8 Å². The lowest BCUT2D eigenvalue weighted by molar-refractivity contribution is -0.143. The standard InChI is InChI=1S/C10H20N2O3S/c1-6(2)8(10(14)15)12-9(13)7(11)4-5-16-3/h6-8H,4-5,11H2,1-3H3,(H,12,13)(H,14,15)/t7-,8?/m0/s1. The molecule has 0 aliphatic rings. The number of carboxylic acid groups (broad SMARTS) is 1. The van der Waals surface area contributed by atoms with E-state index in [0.29, 0.717) is 6.42 Å². The molecule has 1 unspecified atom stereocenters. The van der Waals surface area contributed by atoms with Crippen molar-refractivity contribution in [2.75, 3.05) is 12.0 Å². The molecule has 0 heterocycles. The highest BCUT2D eigenvalue weighted by atomic mass is 32.2. The largest absolute Gasteiger partial charge is 0.480 e. The summed E-state index contributed by atoms with van der Waals surface area (Å²) in [6.07, 6.45) is 2.48. The summed E-state index contributed by atoms with van der Waals surface area (Å²) in [4.78, 5) is 22.4. The van der Waals surface area contributed by atoms with Gasteiger partial charge in [0.2, 0.25) is 5.91 Å². The van der Waals surface area contributed by atoms with Crippen molar-refractivity contribution in [3.63, 3.8) is 0 Å². The van der Waals surface area contributed by atoms with Crippen molar-refractivity contribution in [2.24, 2.45) is 11.7 Å². The topological polar surface area (TPSA) is 92.4 Å². The van der Waals surface area contributed by atoms with Crippen LogP contribution in [0.5, 0.6) is 0 Å². The van der Waals surface area contributed by atoms with Crippen molar-refractivity contribution in [1.29, 1.82) is 0 Å². The van der Waals surface area contributed by atoms with Crippen LogP contribution in [-0.2, 0) is 9.59 Å². The molecule has 94 valence electrons. The second-order valence-corrected chi connectivity index (χ2v) is 4.94. The number of rotatable bonds is 7. The Morgan fingerprint density at radius 3 is 2.38 bits per heavy atom. The minimum absolute atomic E-state index is 0.158. The van der Waals surface area contributed by atoms with Gasteiger partial charge in [-0.2, -0.15) is 11.8 Å². The first kappa shape index (κ1) is 15.2. The van der Waals surface area contributed by atoms with Crippen LogP contribution in [0.2, 0.25) is 0 Å². The molecule has 0 aliphatic carbocycles. The number of amides is 1. The molecule has 0 rings (SSSR count). The number of hydrogen-bond donors (Lipinski definition) is 3. The van der Waals surface area contributed by atoms with Crippen molar-refractivity contribution in [2.45, 2.75) is 32.4 Å². The highest BCUT2D eigenvalue weighted by Gasteiger charge is 2.25. The van der Waals surface area contributed by atoms with Crippen molar-refractivity contribution in [1.82, 2.24) is 5.32 Å². The quantitative estimate of drug-likeness (QED) is 0.602. The van der Waals surface area contributed by atoms with Gasteiger partial charge in [0.15, 0.2) is 0 Å². The van der Waals surface area contributed by atoms with Crippen LogP contribution in [0.25, 0.3) is 0 Å². The number of nitrogens with two attached hydrogens (primary N) is 1. The predicted octanol–water partition coefficient (Wildman–Crippen LogP) is 0.292. The van der Waals surface area contributed by atoms with Crippen LogP contribution in [-0.4, -0.2) is 41.1 Å². The van der Waals surface area contributed by atoms with E-state index in [9.17, 15) is 9.59 Å². The normalized spacial score (nSPS) is 14.6. The second-order valence-electron chi connectivity index (χ2n) is 3.96. The zero-order chi connectivity index (χ0) is 12.7. The molecule has 6 heteroatoms. The van der Waals surface area contributed by atoms with Gasteiger partial charge in [0.1, 0.15) is 6.04 Å². The van der Waals surface area contributed by atoms with Crippen molar-refractivity contribution in [3.8, 4) is 0 Å². The highest BCUT2D eigenvalue weighted by molar-refractivity contribution is 7.98. The lowest BCUT2D eigenvalue weighted by Gasteiger charge is -2.20. The molecule has 0 aromatic heterocycles. The molecule has 0 aromatic carbocycles. The first-order chi connectivity index (χ1) is 7.40. The molecule has 1 amide bonds. The fourth-order valence-corrected chi connectivity index (χ4v) is 1.64. The molecule has 0 aliphatic heterocycles. The van der Waals surface area contributed by atoms with Gasteiger partial charge in [-0.25, -0.2) is 4.79 Å². The van der Waals surface area contributed by atoms with Gasteiger partial charge in [-0.05, 0) is 24.3 Å². The first-order valence-electron chi connectivity index (χ1n) is 5.17. The predicted molar refractivity (Wildman–Crippen MR) is 65.4 cm³/mol. The van der Waals surface area contributed by atoms with E-state index in [1.54, 1.807) is 25.6 Å². The molecule has 5 nitrogen and oxygen atoms in total. The molecule has 2 atom stereocenters. The van der Waals surface area contributed by atoms with Crippen LogP contribution < -0.4 is 11.1 Å². The molecule has 0 saturated heterocycles. The summed E-state index contributed by atoms with van der Waals surface area (Å²) in [7, 11) is 0. The summed E-state index contributed by atoms with van der Waals surface area (Å²) in [6.45, 7) is 3.49. The Morgan fingerprint density at radius 2 is 2.00 bits per heavy atom. The smallest absolute Gasteiger partial charge is 0.326 e. The average Bonchev–Trinajstić information content (AvgIpc) is 2.20. The van der Waals surface area contributed by atoms with Gasteiger partial charge in [-0.1, -0.05) is 13.8 Å². The third-order valence-electron chi connectivity index (χ3n) is 2.20. The van der Waals surface area contributed by atoms with Gasteiger partial charge in [-0.15, -0.1) is 0 Å². The molecular weight excluding hydrogens is 228 g/mol. The maximum Gasteiger partial charge on any atom is 0.326 e. The molecule has 4 N–H and O–H groups in total. The van der Waals surface area contributed by atoms with E-state index in [0.717, 1.165) is 5.75 Å². The van der Waals surface area contributed by atoms with E-state index >= 15 is 0 Å². The van der Waals surface area contributed by atoms with Crippen LogP contribution in [0.4, 0.5) is 0 Å². The van der Waals surface area contributed by atoms with Crippen LogP contribution in [0.1, 0.15) is 20.3 Å². The van der Waals surface area contributed by atoms with E-state index in [2.05, 4.69) is 5.32 Å². The van der Waals surface area contributed by atoms with Crippen molar-refractivity contribution in [3.05, 3.63) is 0 Å². The molecule has 0 radical (unpaired) electrons. The Bertz CT molecular complexity index is 246. The summed E-state index contributed by atoms with van der Waals surface area (Å²) in [5.41, 5.74) is 5.63. The third kappa shape index (κ3) is 5.37. The third-order valence-corrected chi connectivity index (χ3v) is 2.84. The van der Waals surface area contributed by atoms with Gasteiger partial charge < -0.3 is 16.2 Å². The zero-order valence-corrected chi connectivity index (χ0v) is 10.7. The van der Waals surface area contributed by atoms with Gasteiger partial charge in [0.25, 0.3) is 0 Å². The summed E-state index contributed by atoms with van der Waals surface area (Å²) in [5.74, 6) is -0.793. The monoisotopic (exact) mass is 248 g/mol. The molecule has 0 bridgehead atoms. The number of carboxylic acids is 1. The number of aliphatic carboxylic acids is 1. The Hall–Kier alpha value is -0.750. The van der Waals surface area contributed by atoms with Gasteiger partial charge in [0.05, 0.1) is 6.04 Å². The lowest BCUT2D eigenvalue weighted by atomic mass is 10.0. The minimum atomic E-state index is -1.03. The Morgan fingerprint density at radius 1 is 1.44 bits per heavy atom. The van der Waals surface area contributed by atoms with Crippen molar-refractivity contribution < 1.29 is 14.7 Å². The van der Waals surface area contributed by atoms with Crippen LogP contribution in [0, 0.1) is 5.92 Å². The van der Waals surface area contributed by atoms with E-state index < -0.39 is 24.0 Å². The number of carbonyl (C=O) groups excluding carboxylic acids is 1. The Balaban J connectivity index is 4.24. The van der Waals surface area contributed by atoms with E-state index in [1.165, 1.54) is 0 Å². The van der Waals surface area contributed by atoms with Gasteiger partial charge in [-0.3, -0.25) is 4.79 Å². The Kier molecular flexibility index (Phi) is 7.16.